The van der Waals surface area contributed by atoms with Crippen molar-refractivity contribution in [2.75, 3.05) is 19.5 Å². The molecular formula is C23H23ClN2O2S. The van der Waals surface area contributed by atoms with Gasteiger partial charge in [0.15, 0.2) is 16.6 Å². The van der Waals surface area contributed by atoms with E-state index in [9.17, 15) is 0 Å². The Bertz CT molecular complexity index is 949. The van der Waals surface area contributed by atoms with Crippen LogP contribution in [0.5, 0.6) is 11.5 Å². The normalized spacial score (nSPS) is 10.3. The number of nitrogens with one attached hydrogen (secondary N) is 1. The van der Waals surface area contributed by atoms with Crippen molar-refractivity contribution in [3.05, 3.63) is 88.9 Å². The monoisotopic (exact) mass is 426 g/mol. The zero-order valence-corrected chi connectivity index (χ0v) is 18.0. The fraction of sp³-hybridized carbons (Fsp3) is 0.174. The van der Waals surface area contributed by atoms with E-state index < -0.39 is 0 Å². The van der Waals surface area contributed by atoms with E-state index >= 15 is 0 Å². The summed E-state index contributed by atoms with van der Waals surface area (Å²) in [6.45, 7) is 1.34. The minimum Gasteiger partial charge on any atom is -0.493 e. The molecule has 0 heterocycles. The van der Waals surface area contributed by atoms with E-state index in [1.807, 2.05) is 60.7 Å². The molecule has 0 saturated carbocycles. The Labute approximate surface area is 182 Å². The van der Waals surface area contributed by atoms with Crippen LogP contribution in [-0.2, 0) is 13.1 Å². The van der Waals surface area contributed by atoms with Crippen molar-refractivity contribution in [1.82, 2.24) is 4.90 Å². The van der Waals surface area contributed by atoms with Gasteiger partial charge in [0.1, 0.15) is 0 Å². The summed E-state index contributed by atoms with van der Waals surface area (Å²) >= 11 is 11.8. The Morgan fingerprint density at radius 1 is 0.862 bits per heavy atom. The first kappa shape index (κ1) is 21.0. The second-order valence-electron chi connectivity index (χ2n) is 6.47. The molecule has 29 heavy (non-hydrogen) atoms. The third-order valence-electron chi connectivity index (χ3n) is 4.42. The Balaban J connectivity index is 1.80. The fourth-order valence-electron chi connectivity index (χ4n) is 2.93. The highest BCUT2D eigenvalue weighted by Crippen LogP contribution is 2.30. The van der Waals surface area contributed by atoms with E-state index in [0.717, 1.165) is 16.3 Å². The summed E-state index contributed by atoms with van der Waals surface area (Å²) in [6.07, 6.45) is 0. The van der Waals surface area contributed by atoms with Crippen LogP contribution >= 0.6 is 23.8 Å². The van der Waals surface area contributed by atoms with E-state index in [1.54, 1.807) is 14.2 Å². The highest BCUT2D eigenvalue weighted by atomic mass is 35.5. The van der Waals surface area contributed by atoms with Gasteiger partial charge >= 0.3 is 0 Å². The van der Waals surface area contributed by atoms with E-state index in [2.05, 4.69) is 22.3 Å². The van der Waals surface area contributed by atoms with Crippen LogP contribution in [0.15, 0.2) is 72.8 Å². The van der Waals surface area contributed by atoms with Crippen molar-refractivity contribution < 1.29 is 9.47 Å². The summed E-state index contributed by atoms with van der Waals surface area (Å²) in [5.74, 6) is 1.32. The Morgan fingerprint density at radius 2 is 1.48 bits per heavy atom. The molecule has 0 spiro atoms. The van der Waals surface area contributed by atoms with E-state index in [0.29, 0.717) is 29.7 Å². The Kier molecular flexibility index (Phi) is 7.33. The molecular weight excluding hydrogens is 404 g/mol. The van der Waals surface area contributed by atoms with Gasteiger partial charge in [-0.3, -0.25) is 0 Å². The molecule has 3 aromatic carbocycles. The third kappa shape index (κ3) is 5.86. The van der Waals surface area contributed by atoms with E-state index in [-0.39, 0.29) is 0 Å². The molecule has 3 rings (SSSR count). The van der Waals surface area contributed by atoms with Gasteiger partial charge in [0.05, 0.1) is 14.2 Å². The molecule has 3 aromatic rings. The molecule has 150 valence electrons. The molecule has 0 aromatic heterocycles. The Morgan fingerprint density at radius 3 is 2.10 bits per heavy atom. The minimum absolute atomic E-state index is 0.621. The first-order chi connectivity index (χ1) is 14.1. The number of benzene rings is 3. The molecule has 0 amide bonds. The van der Waals surface area contributed by atoms with Crippen molar-refractivity contribution in [2.24, 2.45) is 0 Å². The Hall–Kier alpha value is -2.76. The average molecular weight is 427 g/mol. The summed E-state index contributed by atoms with van der Waals surface area (Å²) in [7, 11) is 3.23. The molecule has 0 aliphatic rings. The number of thiocarbonyl (C=S) groups is 1. The molecule has 0 fully saturated rings. The molecule has 0 aliphatic heterocycles. The first-order valence-corrected chi connectivity index (χ1v) is 9.94. The van der Waals surface area contributed by atoms with Gasteiger partial charge in [-0.2, -0.15) is 0 Å². The maximum absolute atomic E-state index is 6.03. The summed E-state index contributed by atoms with van der Waals surface area (Å²) in [5.41, 5.74) is 3.14. The minimum atomic E-state index is 0.621. The lowest BCUT2D eigenvalue weighted by molar-refractivity contribution is 0.355. The maximum Gasteiger partial charge on any atom is 0.174 e. The average Bonchev–Trinajstić information content (AvgIpc) is 2.75. The van der Waals surface area contributed by atoms with E-state index in [4.69, 9.17) is 33.3 Å². The third-order valence-corrected chi connectivity index (χ3v) is 5.04. The van der Waals surface area contributed by atoms with Crippen LogP contribution in [0.4, 0.5) is 5.69 Å². The number of methoxy groups -OCH3 is 2. The predicted octanol–water partition coefficient (Wildman–Crippen LogP) is 5.76. The molecule has 0 unspecified atom stereocenters. The number of hydrogen-bond donors (Lipinski definition) is 1. The van der Waals surface area contributed by atoms with Crippen LogP contribution in [0.2, 0.25) is 5.02 Å². The highest BCUT2D eigenvalue weighted by molar-refractivity contribution is 7.80. The summed E-state index contributed by atoms with van der Waals surface area (Å²) in [4.78, 5) is 2.12. The molecule has 0 aliphatic carbocycles. The maximum atomic E-state index is 6.03. The largest absolute Gasteiger partial charge is 0.493 e. The number of rotatable bonds is 7. The van der Waals surface area contributed by atoms with Crippen LogP contribution in [0.25, 0.3) is 0 Å². The topological polar surface area (TPSA) is 33.7 Å². The van der Waals surface area contributed by atoms with Crippen LogP contribution in [0.1, 0.15) is 11.1 Å². The fourth-order valence-corrected chi connectivity index (χ4v) is 3.30. The van der Waals surface area contributed by atoms with Gasteiger partial charge in [-0.05, 0) is 47.6 Å². The van der Waals surface area contributed by atoms with Crippen molar-refractivity contribution in [1.29, 1.82) is 0 Å². The van der Waals surface area contributed by atoms with Crippen molar-refractivity contribution in [3.8, 4) is 11.5 Å². The van der Waals surface area contributed by atoms with Crippen LogP contribution in [-0.4, -0.2) is 24.2 Å². The van der Waals surface area contributed by atoms with Gasteiger partial charge in [-0.15, -0.1) is 0 Å². The molecule has 0 radical (unpaired) electrons. The van der Waals surface area contributed by atoms with Gasteiger partial charge in [-0.25, -0.2) is 0 Å². The number of ether oxygens (including phenoxy) is 2. The smallest absolute Gasteiger partial charge is 0.174 e. The van der Waals surface area contributed by atoms with Crippen molar-refractivity contribution in [2.45, 2.75) is 13.1 Å². The lowest BCUT2D eigenvalue weighted by atomic mass is 10.2. The van der Waals surface area contributed by atoms with Crippen LogP contribution < -0.4 is 14.8 Å². The second kappa shape index (κ2) is 10.1. The van der Waals surface area contributed by atoms with Gasteiger partial charge in [0.2, 0.25) is 0 Å². The molecule has 6 heteroatoms. The number of halogens is 1. The van der Waals surface area contributed by atoms with Gasteiger partial charge in [0, 0.05) is 29.9 Å². The highest BCUT2D eigenvalue weighted by Gasteiger charge is 2.13. The summed E-state index contributed by atoms with van der Waals surface area (Å²) < 4.78 is 10.7. The van der Waals surface area contributed by atoms with Gasteiger partial charge in [-0.1, -0.05) is 54.1 Å². The van der Waals surface area contributed by atoms with Crippen molar-refractivity contribution in [3.63, 3.8) is 0 Å². The standard InChI is InChI=1S/C23H23ClN2O2S/c1-27-21-13-12-20(14-22(21)28-2)25-23(29)26(15-17-6-4-3-5-7-17)16-18-8-10-19(24)11-9-18/h3-14H,15-16H2,1-2H3,(H,25,29). The molecule has 0 saturated heterocycles. The quantitative estimate of drug-likeness (QED) is 0.486. The SMILES string of the molecule is COc1ccc(NC(=S)N(Cc2ccccc2)Cc2ccc(Cl)cc2)cc1OC. The van der Waals surface area contributed by atoms with Crippen molar-refractivity contribution >= 4 is 34.6 Å². The van der Waals surface area contributed by atoms with E-state index in [1.165, 1.54) is 5.56 Å². The zero-order valence-electron chi connectivity index (χ0n) is 16.4. The lowest BCUT2D eigenvalue weighted by Crippen LogP contribution is -2.33. The molecule has 4 nitrogen and oxygen atoms in total. The van der Waals surface area contributed by atoms with Crippen LogP contribution in [0.3, 0.4) is 0 Å². The second-order valence-corrected chi connectivity index (χ2v) is 7.29. The molecule has 0 bridgehead atoms. The first-order valence-electron chi connectivity index (χ1n) is 9.15. The molecule has 1 N–H and O–H groups in total. The lowest BCUT2D eigenvalue weighted by Gasteiger charge is -2.26. The van der Waals surface area contributed by atoms with Gasteiger partial charge in [0.25, 0.3) is 0 Å². The van der Waals surface area contributed by atoms with Crippen LogP contribution in [0, 0.1) is 0 Å². The summed E-state index contributed by atoms with van der Waals surface area (Å²) in [5, 5.41) is 4.65. The molecule has 0 atom stereocenters. The predicted molar refractivity (Wildman–Crippen MR) is 123 cm³/mol. The number of hydrogen-bond acceptors (Lipinski definition) is 3. The zero-order chi connectivity index (χ0) is 20.6. The summed E-state index contributed by atoms with van der Waals surface area (Å²) in [6, 6.07) is 23.7. The number of anilines is 1. The number of nitrogens with zero attached hydrogens (tertiary/aromatic N) is 1. The van der Waals surface area contributed by atoms with Gasteiger partial charge < -0.3 is 19.7 Å².